The summed E-state index contributed by atoms with van der Waals surface area (Å²) in [5.41, 5.74) is 4.45. The van der Waals surface area contributed by atoms with Gasteiger partial charge in [0.2, 0.25) is 0 Å². The number of aliphatic imine (C=N–C) groups is 1. The maximum atomic E-state index is 13.1. The van der Waals surface area contributed by atoms with Crippen molar-refractivity contribution in [1.29, 1.82) is 0 Å². The molecule has 2 aliphatic carbocycles. The molecule has 7 rings (SSSR count). The minimum Gasteiger partial charge on any atom is -0.469 e. The Bertz CT molecular complexity index is 891. The highest BCUT2D eigenvalue weighted by molar-refractivity contribution is 6.10. The van der Waals surface area contributed by atoms with Crippen molar-refractivity contribution in [3.63, 3.8) is 0 Å². The zero-order chi connectivity index (χ0) is 17.6. The van der Waals surface area contributed by atoms with Crippen molar-refractivity contribution in [2.75, 3.05) is 20.4 Å². The lowest BCUT2D eigenvalue weighted by molar-refractivity contribution is -0.179. The number of carbonyl (C=O) groups is 1. The van der Waals surface area contributed by atoms with E-state index >= 15 is 0 Å². The lowest BCUT2D eigenvalue weighted by atomic mass is 9.42. The molecule has 134 valence electrons. The largest absolute Gasteiger partial charge is 0.469 e. The van der Waals surface area contributed by atoms with Crippen LogP contribution in [0.5, 0.6) is 0 Å². The molecule has 7 atom stereocenters. The van der Waals surface area contributed by atoms with E-state index in [1.165, 1.54) is 24.0 Å². The predicted molar refractivity (Wildman–Crippen MR) is 96.3 cm³/mol. The molecular formula is C21H22N2O3. The van der Waals surface area contributed by atoms with Crippen LogP contribution in [0.1, 0.15) is 18.9 Å². The number of methoxy groups -OCH3 is 1. The monoisotopic (exact) mass is 350 g/mol. The van der Waals surface area contributed by atoms with Crippen LogP contribution in [0.4, 0.5) is 5.69 Å². The Kier molecular flexibility index (Phi) is 2.81. The summed E-state index contributed by atoms with van der Waals surface area (Å²) < 4.78 is 11.4. The van der Waals surface area contributed by atoms with Gasteiger partial charge in [-0.15, -0.1) is 0 Å². The summed E-state index contributed by atoms with van der Waals surface area (Å²) in [5, 5.41) is 0. The average molecular weight is 350 g/mol. The summed E-state index contributed by atoms with van der Waals surface area (Å²) in [6.45, 7) is 3.43. The lowest BCUT2D eigenvalue weighted by Gasteiger charge is -2.69. The molecule has 1 aromatic rings. The molecule has 4 heterocycles. The van der Waals surface area contributed by atoms with Gasteiger partial charge < -0.3 is 9.47 Å². The van der Waals surface area contributed by atoms with Crippen molar-refractivity contribution >= 4 is 17.4 Å². The smallest absolute Gasteiger partial charge is 0.310 e. The molecule has 0 amide bonds. The molecule has 1 aromatic carbocycles. The highest BCUT2D eigenvalue weighted by atomic mass is 16.5. The molecule has 26 heavy (non-hydrogen) atoms. The highest BCUT2D eigenvalue weighted by Crippen LogP contribution is 2.67. The fourth-order valence-electron chi connectivity index (χ4n) is 6.86. The molecule has 6 bridgehead atoms. The normalized spacial score (nSPS) is 45.3. The number of carbonyl (C=O) groups excluding carboxylic acids is 1. The van der Waals surface area contributed by atoms with Crippen LogP contribution in [-0.2, 0) is 19.7 Å². The van der Waals surface area contributed by atoms with E-state index in [0.717, 1.165) is 12.1 Å². The summed E-state index contributed by atoms with van der Waals surface area (Å²) in [5.74, 6) is 0.136. The molecule has 1 spiro atoms. The molecule has 5 nitrogen and oxygen atoms in total. The molecule has 2 saturated carbocycles. The van der Waals surface area contributed by atoms with E-state index in [0.29, 0.717) is 19.4 Å². The third-order valence-electron chi connectivity index (χ3n) is 7.52. The van der Waals surface area contributed by atoms with Crippen LogP contribution in [-0.4, -0.2) is 49.1 Å². The van der Waals surface area contributed by atoms with Crippen LogP contribution in [0.15, 0.2) is 40.9 Å². The molecule has 6 aliphatic rings. The number of para-hydroxylation sites is 1. The van der Waals surface area contributed by atoms with Gasteiger partial charge in [-0.1, -0.05) is 29.8 Å². The molecule has 4 aliphatic heterocycles. The number of benzene rings is 1. The maximum Gasteiger partial charge on any atom is 0.310 e. The molecule has 5 unspecified atom stereocenters. The van der Waals surface area contributed by atoms with Crippen molar-refractivity contribution in [3.8, 4) is 0 Å². The number of fused-ring (bicyclic) bond motifs is 1. The van der Waals surface area contributed by atoms with Gasteiger partial charge in [0.05, 0.1) is 36.8 Å². The van der Waals surface area contributed by atoms with E-state index in [9.17, 15) is 4.79 Å². The summed E-state index contributed by atoms with van der Waals surface area (Å²) in [4.78, 5) is 20.7. The third-order valence-corrected chi connectivity index (χ3v) is 7.52. The predicted octanol–water partition coefficient (Wildman–Crippen LogP) is 2.44. The number of nitrogens with zero attached hydrogens (tertiary/aromatic N) is 2. The Balaban J connectivity index is 1.69. The second-order valence-corrected chi connectivity index (χ2v) is 8.10. The van der Waals surface area contributed by atoms with Crippen molar-refractivity contribution < 1.29 is 14.3 Å². The summed E-state index contributed by atoms with van der Waals surface area (Å²) in [6, 6.07) is 8.98. The first-order valence-electron chi connectivity index (χ1n) is 9.49. The molecule has 5 heteroatoms. The number of rotatable bonds is 1. The topological polar surface area (TPSA) is 51.1 Å². The van der Waals surface area contributed by atoms with E-state index in [1.54, 1.807) is 0 Å². The van der Waals surface area contributed by atoms with Crippen LogP contribution < -0.4 is 0 Å². The molecule has 0 radical (unpaired) electrons. The van der Waals surface area contributed by atoms with Crippen molar-refractivity contribution in [3.05, 3.63) is 41.5 Å². The van der Waals surface area contributed by atoms with Crippen LogP contribution in [0.2, 0.25) is 0 Å². The Morgan fingerprint density at radius 2 is 2.27 bits per heavy atom. The van der Waals surface area contributed by atoms with Gasteiger partial charge in [-0.2, -0.15) is 0 Å². The summed E-state index contributed by atoms with van der Waals surface area (Å²) in [6.07, 6.45) is 3.17. The fraction of sp³-hybridized carbons (Fsp3) is 0.524. The van der Waals surface area contributed by atoms with Gasteiger partial charge in [0.1, 0.15) is 6.73 Å². The van der Waals surface area contributed by atoms with Crippen LogP contribution in [0.25, 0.3) is 0 Å². The molecule has 3 saturated heterocycles. The Morgan fingerprint density at radius 3 is 3.08 bits per heavy atom. The first-order chi connectivity index (χ1) is 12.7. The number of hydrogen-bond donors (Lipinski definition) is 0. The van der Waals surface area contributed by atoms with E-state index in [1.807, 2.05) is 6.07 Å². The zero-order valence-electron chi connectivity index (χ0n) is 15.0. The number of allylic oxidation sites excluding steroid dienone is 1. The lowest BCUT2D eigenvalue weighted by Crippen LogP contribution is -2.79. The Morgan fingerprint density at radius 1 is 1.42 bits per heavy atom. The standard InChI is InChI=1S/C21H22N2O3/c1-3-11-12-8-16-19-21(17(12)20(24)25-2,13-6-4-5-7-15(13)22-19)14-9-26-10-23(16)18(11)14/h3-7,12,14,16-18H,8-10H2,1-2H3/b11-3+/t12?,14?,16?,17?,18-,21-/m1/s1. The number of piperidine rings is 2. The van der Waals surface area contributed by atoms with Gasteiger partial charge in [0, 0.05) is 17.7 Å². The van der Waals surface area contributed by atoms with Gasteiger partial charge in [0.15, 0.2) is 0 Å². The Hall–Kier alpha value is -1.98. The van der Waals surface area contributed by atoms with Gasteiger partial charge >= 0.3 is 5.97 Å². The van der Waals surface area contributed by atoms with E-state index in [4.69, 9.17) is 14.5 Å². The second kappa shape index (κ2) is 4.84. The first-order valence-corrected chi connectivity index (χ1v) is 9.49. The van der Waals surface area contributed by atoms with Gasteiger partial charge in [-0.25, -0.2) is 0 Å². The third kappa shape index (κ3) is 1.41. The minimum atomic E-state index is -0.370. The van der Waals surface area contributed by atoms with Gasteiger partial charge in [0.25, 0.3) is 0 Å². The zero-order valence-corrected chi connectivity index (χ0v) is 15.0. The maximum absolute atomic E-state index is 13.1. The number of ether oxygens (including phenoxy) is 2. The fourth-order valence-corrected chi connectivity index (χ4v) is 6.86. The highest BCUT2D eigenvalue weighted by Gasteiger charge is 2.74. The SMILES string of the molecule is C/C=C1\C2CC3C4=Nc5ccccc5[C@]4(C2C(=O)OC)C2COCN3[C@H]12. The van der Waals surface area contributed by atoms with Crippen LogP contribution >= 0.6 is 0 Å². The van der Waals surface area contributed by atoms with Crippen molar-refractivity contribution in [2.24, 2.45) is 22.7 Å². The summed E-state index contributed by atoms with van der Waals surface area (Å²) >= 11 is 0. The second-order valence-electron chi connectivity index (χ2n) is 8.10. The molecule has 0 N–H and O–H groups in total. The van der Waals surface area contributed by atoms with E-state index in [2.05, 4.69) is 36.1 Å². The first kappa shape index (κ1) is 15.1. The number of hydrogen-bond acceptors (Lipinski definition) is 5. The van der Waals surface area contributed by atoms with Gasteiger partial charge in [-0.05, 0) is 30.9 Å². The molecular weight excluding hydrogens is 328 g/mol. The quantitative estimate of drug-likeness (QED) is 0.577. The summed E-state index contributed by atoms with van der Waals surface area (Å²) in [7, 11) is 1.51. The Labute approximate surface area is 152 Å². The van der Waals surface area contributed by atoms with Crippen molar-refractivity contribution in [2.45, 2.75) is 30.8 Å². The average Bonchev–Trinajstić information content (AvgIpc) is 3.02. The van der Waals surface area contributed by atoms with E-state index in [-0.39, 0.29) is 35.2 Å². The van der Waals surface area contributed by atoms with Crippen molar-refractivity contribution in [1.82, 2.24) is 4.90 Å². The molecule has 0 aromatic heterocycles. The van der Waals surface area contributed by atoms with Crippen LogP contribution in [0.3, 0.4) is 0 Å². The van der Waals surface area contributed by atoms with Gasteiger partial charge in [-0.3, -0.25) is 14.7 Å². The minimum absolute atomic E-state index is 0.102. The number of esters is 1. The van der Waals surface area contributed by atoms with E-state index < -0.39 is 0 Å². The molecule has 5 fully saturated rings. The van der Waals surface area contributed by atoms with Crippen LogP contribution in [0, 0.1) is 17.8 Å².